The molecule has 0 heterocycles. The summed E-state index contributed by atoms with van der Waals surface area (Å²) in [7, 11) is 0. The molecule has 1 atom stereocenters. The minimum Gasteiger partial charge on any atom is -0.449 e. The Morgan fingerprint density at radius 1 is 1.23 bits per heavy atom. The Morgan fingerprint density at radius 2 is 1.92 bits per heavy atom. The minimum atomic E-state index is -1.10. The van der Waals surface area contributed by atoms with Gasteiger partial charge in [0.05, 0.1) is 10.5 Å². The maximum Gasteiger partial charge on any atom is 0.339 e. The van der Waals surface area contributed by atoms with Crippen LogP contribution in [0.1, 0.15) is 28.4 Å². The topological polar surface area (TPSA) is 98.5 Å². The lowest BCUT2D eigenvalue weighted by Crippen LogP contribution is -2.30. The SMILES string of the molecule is Cc1ccc(C(=O)O[C@@H](C)C(=O)Nc2cccc(Cl)c2C)cc1[N+](=O)[O-]. The standard InChI is InChI=1S/C18H17ClN2O5/c1-10-7-8-13(9-16(10)21(24)25)18(23)26-12(3)17(22)20-15-6-4-5-14(19)11(15)2/h4-9,12H,1-3H3,(H,20,22)/t12-/m0/s1. The number of nitrogens with one attached hydrogen (secondary N) is 1. The smallest absolute Gasteiger partial charge is 0.339 e. The summed E-state index contributed by atoms with van der Waals surface area (Å²) in [5, 5.41) is 14.1. The molecule has 1 N–H and O–H groups in total. The van der Waals surface area contributed by atoms with E-state index >= 15 is 0 Å². The zero-order valence-corrected chi connectivity index (χ0v) is 15.2. The Balaban J connectivity index is 2.09. The second-order valence-electron chi connectivity index (χ2n) is 5.71. The molecular weight excluding hydrogens is 360 g/mol. The summed E-state index contributed by atoms with van der Waals surface area (Å²) in [6, 6.07) is 9.05. The average molecular weight is 377 g/mol. The number of rotatable bonds is 5. The van der Waals surface area contributed by atoms with E-state index in [1.807, 2.05) is 0 Å². The first-order chi connectivity index (χ1) is 12.2. The van der Waals surface area contributed by atoms with Crippen molar-refractivity contribution in [1.82, 2.24) is 0 Å². The number of esters is 1. The van der Waals surface area contributed by atoms with Crippen LogP contribution in [0.15, 0.2) is 36.4 Å². The Morgan fingerprint density at radius 3 is 2.58 bits per heavy atom. The molecular formula is C18H17ClN2O5. The highest BCUT2D eigenvalue weighted by Crippen LogP contribution is 2.23. The number of nitrogens with zero attached hydrogens (tertiary/aromatic N) is 1. The summed E-state index contributed by atoms with van der Waals surface area (Å²) in [5.74, 6) is -1.36. The van der Waals surface area contributed by atoms with Crippen LogP contribution in [0.3, 0.4) is 0 Å². The van der Waals surface area contributed by atoms with Crippen molar-refractivity contribution in [2.75, 3.05) is 5.32 Å². The molecule has 8 heteroatoms. The van der Waals surface area contributed by atoms with E-state index in [4.69, 9.17) is 16.3 Å². The molecule has 2 rings (SSSR count). The van der Waals surface area contributed by atoms with Gasteiger partial charge in [0.1, 0.15) is 0 Å². The molecule has 0 aliphatic carbocycles. The molecule has 26 heavy (non-hydrogen) atoms. The van der Waals surface area contributed by atoms with E-state index in [0.717, 1.165) is 6.07 Å². The normalized spacial score (nSPS) is 11.5. The van der Waals surface area contributed by atoms with E-state index in [2.05, 4.69) is 5.32 Å². The molecule has 0 saturated carbocycles. The molecule has 0 bridgehead atoms. The highest BCUT2D eigenvalue weighted by atomic mass is 35.5. The predicted octanol–water partition coefficient (Wildman–Crippen LogP) is 4.05. The quantitative estimate of drug-likeness (QED) is 0.482. The summed E-state index contributed by atoms with van der Waals surface area (Å²) >= 11 is 6.00. The lowest BCUT2D eigenvalue weighted by molar-refractivity contribution is -0.385. The van der Waals surface area contributed by atoms with Gasteiger partial charge >= 0.3 is 5.97 Å². The Kier molecular flexibility index (Phi) is 5.94. The average Bonchev–Trinajstić information content (AvgIpc) is 2.58. The first kappa shape index (κ1) is 19.4. The molecule has 2 aromatic carbocycles. The number of ether oxygens (including phenoxy) is 1. The monoisotopic (exact) mass is 376 g/mol. The van der Waals surface area contributed by atoms with Gasteiger partial charge < -0.3 is 10.1 Å². The van der Waals surface area contributed by atoms with Crippen molar-refractivity contribution in [2.24, 2.45) is 0 Å². The number of nitro groups is 1. The molecule has 2 aromatic rings. The number of benzene rings is 2. The van der Waals surface area contributed by atoms with Crippen LogP contribution in [-0.2, 0) is 9.53 Å². The van der Waals surface area contributed by atoms with Gasteiger partial charge in [0.15, 0.2) is 6.10 Å². The lowest BCUT2D eigenvalue weighted by atomic mass is 10.1. The third-order valence-corrected chi connectivity index (χ3v) is 4.23. The fourth-order valence-corrected chi connectivity index (χ4v) is 2.37. The van der Waals surface area contributed by atoms with Crippen LogP contribution in [0.5, 0.6) is 0 Å². The molecule has 7 nitrogen and oxygen atoms in total. The van der Waals surface area contributed by atoms with Crippen LogP contribution >= 0.6 is 11.6 Å². The molecule has 136 valence electrons. The number of carbonyl (C=O) groups is 2. The summed E-state index contributed by atoms with van der Waals surface area (Å²) in [4.78, 5) is 34.8. The fraction of sp³-hybridized carbons (Fsp3) is 0.222. The number of carbonyl (C=O) groups excluding carboxylic acids is 2. The number of halogens is 1. The van der Waals surface area contributed by atoms with Crippen molar-refractivity contribution in [3.8, 4) is 0 Å². The van der Waals surface area contributed by atoms with Crippen LogP contribution in [0, 0.1) is 24.0 Å². The van der Waals surface area contributed by atoms with E-state index in [9.17, 15) is 19.7 Å². The summed E-state index contributed by atoms with van der Waals surface area (Å²) in [6.45, 7) is 4.73. The first-order valence-electron chi connectivity index (χ1n) is 7.72. The van der Waals surface area contributed by atoms with E-state index in [1.165, 1.54) is 19.1 Å². The van der Waals surface area contributed by atoms with Crippen LogP contribution in [0.25, 0.3) is 0 Å². The number of anilines is 1. The lowest BCUT2D eigenvalue weighted by Gasteiger charge is -2.15. The van der Waals surface area contributed by atoms with E-state index in [1.54, 1.807) is 32.0 Å². The summed E-state index contributed by atoms with van der Waals surface area (Å²) in [6.07, 6.45) is -1.10. The van der Waals surface area contributed by atoms with Crippen molar-refractivity contribution in [3.05, 3.63) is 68.2 Å². The van der Waals surface area contributed by atoms with Crippen molar-refractivity contribution in [3.63, 3.8) is 0 Å². The molecule has 0 radical (unpaired) electrons. The second-order valence-corrected chi connectivity index (χ2v) is 6.11. The van der Waals surface area contributed by atoms with Gasteiger partial charge in [-0.2, -0.15) is 0 Å². The minimum absolute atomic E-state index is 0.000820. The molecule has 0 aliphatic heterocycles. The highest BCUT2D eigenvalue weighted by Gasteiger charge is 2.22. The van der Waals surface area contributed by atoms with Crippen LogP contribution in [-0.4, -0.2) is 22.9 Å². The zero-order valence-electron chi connectivity index (χ0n) is 14.4. The summed E-state index contributed by atoms with van der Waals surface area (Å²) < 4.78 is 5.11. The molecule has 0 unspecified atom stereocenters. The van der Waals surface area contributed by atoms with Crippen LogP contribution in [0.4, 0.5) is 11.4 Å². The van der Waals surface area contributed by atoms with Gasteiger partial charge in [0.2, 0.25) is 0 Å². The zero-order chi connectivity index (χ0) is 19.4. The number of nitro benzene ring substituents is 1. The van der Waals surface area contributed by atoms with Gasteiger partial charge in [0, 0.05) is 22.3 Å². The van der Waals surface area contributed by atoms with Crippen molar-refractivity contribution in [1.29, 1.82) is 0 Å². The molecule has 0 saturated heterocycles. The predicted molar refractivity (Wildman–Crippen MR) is 97.5 cm³/mol. The third kappa shape index (κ3) is 4.37. The number of amides is 1. The Hall–Kier alpha value is -2.93. The van der Waals surface area contributed by atoms with Crippen molar-refractivity contribution >= 4 is 34.9 Å². The molecule has 0 aromatic heterocycles. The highest BCUT2D eigenvalue weighted by molar-refractivity contribution is 6.31. The third-order valence-electron chi connectivity index (χ3n) is 3.82. The molecule has 0 spiro atoms. The molecule has 0 aliphatic rings. The molecule has 0 fully saturated rings. The van der Waals surface area contributed by atoms with Gasteiger partial charge in [-0.05, 0) is 44.5 Å². The Bertz CT molecular complexity index is 882. The summed E-state index contributed by atoms with van der Waals surface area (Å²) in [5.41, 5.74) is 1.44. The van der Waals surface area contributed by atoms with Crippen LogP contribution < -0.4 is 5.32 Å². The van der Waals surface area contributed by atoms with Gasteiger partial charge in [-0.15, -0.1) is 0 Å². The maximum absolute atomic E-state index is 12.2. The van der Waals surface area contributed by atoms with E-state index < -0.39 is 22.9 Å². The Labute approximate surface area is 155 Å². The maximum atomic E-state index is 12.2. The van der Waals surface area contributed by atoms with E-state index in [0.29, 0.717) is 21.8 Å². The van der Waals surface area contributed by atoms with Crippen LogP contribution in [0.2, 0.25) is 5.02 Å². The largest absolute Gasteiger partial charge is 0.449 e. The van der Waals surface area contributed by atoms with Gasteiger partial charge in [-0.1, -0.05) is 23.7 Å². The van der Waals surface area contributed by atoms with Gasteiger partial charge in [-0.3, -0.25) is 14.9 Å². The van der Waals surface area contributed by atoms with Crippen molar-refractivity contribution < 1.29 is 19.2 Å². The number of hydrogen-bond acceptors (Lipinski definition) is 5. The number of hydrogen-bond donors (Lipinski definition) is 1. The first-order valence-corrected chi connectivity index (χ1v) is 8.10. The fourth-order valence-electron chi connectivity index (χ4n) is 2.19. The second kappa shape index (κ2) is 7.97. The van der Waals surface area contributed by atoms with Gasteiger partial charge in [-0.25, -0.2) is 4.79 Å². The number of aryl methyl sites for hydroxylation is 1. The molecule has 1 amide bonds. The van der Waals surface area contributed by atoms with Gasteiger partial charge in [0.25, 0.3) is 11.6 Å². The van der Waals surface area contributed by atoms with Crippen molar-refractivity contribution in [2.45, 2.75) is 26.9 Å². The van der Waals surface area contributed by atoms with E-state index in [-0.39, 0.29) is 11.3 Å².